The molecule has 1 N–H and O–H groups in total. The Bertz CT molecular complexity index is 1120. The van der Waals surface area contributed by atoms with Gasteiger partial charge < -0.3 is 5.11 Å². The molecule has 1 heterocycles. The highest BCUT2D eigenvalue weighted by atomic mass is 16.3. The number of nitrogens with zero attached hydrogens (tertiary/aromatic N) is 1. The molecule has 0 spiro atoms. The van der Waals surface area contributed by atoms with Crippen molar-refractivity contribution >= 4 is 11.8 Å². The number of hydrogen-bond donors (Lipinski definition) is 1. The van der Waals surface area contributed by atoms with Gasteiger partial charge in [-0.15, -0.1) is 0 Å². The molecule has 2 unspecified atom stereocenters. The van der Waals surface area contributed by atoms with E-state index >= 15 is 0 Å². The fourth-order valence-corrected chi connectivity index (χ4v) is 10.4. The maximum absolute atomic E-state index is 12.8. The maximum atomic E-state index is 12.8. The number of hydrogen-bond acceptors (Lipinski definition) is 3. The number of benzene rings is 1. The zero-order chi connectivity index (χ0) is 27.5. The van der Waals surface area contributed by atoms with Gasteiger partial charge >= 0.3 is 0 Å². The Labute approximate surface area is 235 Å². The minimum absolute atomic E-state index is 0.123. The van der Waals surface area contributed by atoms with E-state index in [-0.39, 0.29) is 17.9 Å². The SMILES string of the molecule is CC(CCC[C@@H](C)[C@H]1CC[C@H]2[C@@H]3CC=C4CC(O)CC[C@]4(C)[C@H]3CC[C@]12C)CN1C(=O)c2ccccc2C1=O. The number of amides is 2. The number of imide groups is 1. The number of aliphatic hydroxyl groups excluding tert-OH is 1. The lowest BCUT2D eigenvalue weighted by Crippen LogP contribution is -2.50. The van der Waals surface area contributed by atoms with Crippen LogP contribution >= 0.6 is 0 Å². The molecule has 9 atom stereocenters. The average molecular weight is 532 g/mol. The first kappa shape index (κ1) is 27.2. The van der Waals surface area contributed by atoms with Crippen LogP contribution in [0.2, 0.25) is 0 Å². The Hall–Kier alpha value is -1.94. The first-order chi connectivity index (χ1) is 18.6. The van der Waals surface area contributed by atoms with E-state index in [9.17, 15) is 14.7 Å². The predicted molar refractivity (Wildman–Crippen MR) is 155 cm³/mol. The summed E-state index contributed by atoms with van der Waals surface area (Å²) in [6, 6.07) is 7.21. The highest BCUT2D eigenvalue weighted by Crippen LogP contribution is 2.67. The van der Waals surface area contributed by atoms with Crippen LogP contribution in [0.1, 0.15) is 119 Å². The molecule has 3 fully saturated rings. The van der Waals surface area contributed by atoms with E-state index in [1.54, 1.807) is 17.7 Å². The largest absolute Gasteiger partial charge is 0.393 e. The molecular formula is C35H49NO3. The molecule has 0 bridgehead atoms. The molecular weight excluding hydrogens is 482 g/mol. The summed E-state index contributed by atoms with van der Waals surface area (Å²) in [5.74, 6) is 4.07. The normalized spacial score (nSPS) is 38.9. The third-order valence-electron chi connectivity index (χ3n) is 12.6. The van der Waals surface area contributed by atoms with Gasteiger partial charge in [-0.05, 0) is 116 Å². The Morgan fingerprint density at radius 3 is 2.38 bits per heavy atom. The first-order valence-electron chi connectivity index (χ1n) is 16.0. The number of carbonyl (C=O) groups excluding carboxylic acids is 2. The lowest BCUT2D eigenvalue weighted by atomic mass is 9.47. The topological polar surface area (TPSA) is 57.6 Å². The van der Waals surface area contributed by atoms with Crippen molar-refractivity contribution in [2.45, 2.75) is 104 Å². The molecule has 4 nitrogen and oxygen atoms in total. The lowest BCUT2D eigenvalue weighted by Gasteiger charge is -2.58. The predicted octanol–water partition coefficient (Wildman–Crippen LogP) is 7.67. The summed E-state index contributed by atoms with van der Waals surface area (Å²) in [7, 11) is 0. The van der Waals surface area contributed by atoms with Gasteiger partial charge in [0.2, 0.25) is 0 Å². The molecule has 1 aromatic rings. The summed E-state index contributed by atoms with van der Waals surface area (Å²) in [4.78, 5) is 27.0. The minimum Gasteiger partial charge on any atom is -0.393 e. The second kappa shape index (κ2) is 10.2. The molecule has 2 amide bonds. The van der Waals surface area contributed by atoms with Crippen molar-refractivity contribution in [1.29, 1.82) is 0 Å². The van der Waals surface area contributed by atoms with Crippen LogP contribution in [0.15, 0.2) is 35.9 Å². The second-order valence-corrected chi connectivity index (χ2v) is 14.7. The third kappa shape index (κ3) is 4.44. The summed E-state index contributed by atoms with van der Waals surface area (Å²) in [6.07, 6.45) is 15.7. The van der Waals surface area contributed by atoms with Gasteiger partial charge in [0.05, 0.1) is 17.2 Å². The zero-order valence-corrected chi connectivity index (χ0v) is 24.6. The van der Waals surface area contributed by atoms with E-state index in [2.05, 4.69) is 33.8 Å². The second-order valence-electron chi connectivity index (χ2n) is 14.7. The Morgan fingerprint density at radius 2 is 1.67 bits per heavy atom. The quantitative estimate of drug-likeness (QED) is 0.290. The summed E-state index contributed by atoms with van der Waals surface area (Å²) < 4.78 is 0. The third-order valence-corrected chi connectivity index (χ3v) is 12.6. The van der Waals surface area contributed by atoms with Crippen molar-refractivity contribution in [3.05, 3.63) is 47.0 Å². The summed E-state index contributed by atoms with van der Waals surface area (Å²) >= 11 is 0. The molecule has 39 heavy (non-hydrogen) atoms. The Morgan fingerprint density at radius 1 is 0.949 bits per heavy atom. The number of carbonyl (C=O) groups is 2. The molecule has 0 radical (unpaired) electrons. The molecule has 0 saturated heterocycles. The summed E-state index contributed by atoms with van der Waals surface area (Å²) in [6.45, 7) is 10.4. The molecule has 1 aliphatic heterocycles. The molecule has 3 saturated carbocycles. The highest BCUT2D eigenvalue weighted by Gasteiger charge is 2.59. The Kier molecular flexibility index (Phi) is 7.09. The number of allylic oxidation sites excluding steroid dienone is 1. The van der Waals surface area contributed by atoms with Gasteiger partial charge in [0.15, 0.2) is 0 Å². The molecule has 4 aliphatic carbocycles. The number of aliphatic hydroxyl groups is 1. The average Bonchev–Trinajstić information content (AvgIpc) is 3.39. The van der Waals surface area contributed by atoms with E-state index in [4.69, 9.17) is 0 Å². The van der Waals surface area contributed by atoms with Gasteiger partial charge in [0.25, 0.3) is 11.8 Å². The van der Waals surface area contributed by atoms with Crippen LogP contribution in [0.5, 0.6) is 0 Å². The van der Waals surface area contributed by atoms with E-state index in [0.29, 0.717) is 34.4 Å². The van der Waals surface area contributed by atoms with Crippen LogP contribution in [-0.4, -0.2) is 34.5 Å². The van der Waals surface area contributed by atoms with Gasteiger partial charge in [-0.25, -0.2) is 0 Å². The van der Waals surface area contributed by atoms with Crippen molar-refractivity contribution in [3.8, 4) is 0 Å². The Balaban J connectivity index is 1.04. The van der Waals surface area contributed by atoms with Crippen molar-refractivity contribution < 1.29 is 14.7 Å². The van der Waals surface area contributed by atoms with Crippen LogP contribution in [0.25, 0.3) is 0 Å². The first-order valence-corrected chi connectivity index (χ1v) is 16.0. The van der Waals surface area contributed by atoms with Crippen LogP contribution in [0.4, 0.5) is 0 Å². The van der Waals surface area contributed by atoms with Crippen molar-refractivity contribution in [2.75, 3.05) is 6.54 Å². The van der Waals surface area contributed by atoms with Crippen molar-refractivity contribution in [3.63, 3.8) is 0 Å². The molecule has 4 heteroatoms. The van der Waals surface area contributed by atoms with Gasteiger partial charge in [0, 0.05) is 6.54 Å². The van der Waals surface area contributed by atoms with E-state index in [1.807, 2.05) is 12.1 Å². The minimum atomic E-state index is -0.126. The molecule has 0 aromatic heterocycles. The summed E-state index contributed by atoms with van der Waals surface area (Å²) in [5.41, 5.74) is 3.47. The van der Waals surface area contributed by atoms with Crippen LogP contribution in [0.3, 0.4) is 0 Å². The van der Waals surface area contributed by atoms with Crippen LogP contribution in [-0.2, 0) is 0 Å². The van der Waals surface area contributed by atoms with Gasteiger partial charge in [-0.1, -0.05) is 64.3 Å². The fourth-order valence-electron chi connectivity index (χ4n) is 10.4. The van der Waals surface area contributed by atoms with E-state index in [1.165, 1.54) is 56.3 Å². The van der Waals surface area contributed by atoms with Crippen LogP contribution in [0, 0.1) is 46.3 Å². The van der Waals surface area contributed by atoms with E-state index in [0.717, 1.165) is 48.9 Å². The zero-order valence-electron chi connectivity index (χ0n) is 24.6. The molecule has 6 rings (SSSR count). The van der Waals surface area contributed by atoms with Crippen molar-refractivity contribution in [1.82, 2.24) is 4.90 Å². The van der Waals surface area contributed by atoms with Gasteiger partial charge in [-0.2, -0.15) is 0 Å². The number of fused-ring (bicyclic) bond motifs is 6. The standard InChI is InChI=1S/C35H49NO3/c1-22(21-36-32(38)26-10-5-6-11-27(26)33(36)39)8-7-9-23(2)29-14-15-30-28-13-12-24-20-25(37)16-18-34(24,3)31(28)17-19-35(29,30)4/h5-6,10-12,22-23,25,28-31,37H,7-9,13-21H2,1-4H3/t22?,23-,25?,28+,29-,30+,31+,34+,35-/m1/s1. The lowest BCUT2D eigenvalue weighted by molar-refractivity contribution is -0.0573. The fraction of sp³-hybridized carbons (Fsp3) is 0.714. The monoisotopic (exact) mass is 531 g/mol. The van der Waals surface area contributed by atoms with Crippen LogP contribution < -0.4 is 0 Å². The molecule has 212 valence electrons. The highest BCUT2D eigenvalue weighted by molar-refractivity contribution is 6.21. The maximum Gasteiger partial charge on any atom is 0.261 e. The van der Waals surface area contributed by atoms with Gasteiger partial charge in [-0.3, -0.25) is 14.5 Å². The summed E-state index contributed by atoms with van der Waals surface area (Å²) in [5, 5.41) is 10.3. The number of rotatable bonds is 7. The molecule has 1 aromatic carbocycles. The van der Waals surface area contributed by atoms with Gasteiger partial charge in [0.1, 0.15) is 0 Å². The van der Waals surface area contributed by atoms with E-state index < -0.39 is 0 Å². The van der Waals surface area contributed by atoms with Crippen molar-refractivity contribution in [2.24, 2.45) is 46.3 Å². The molecule has 5 aliphatic rings. The smallest absolute Gasteiger partial charge is 0.261 e.